The van der Waals surface area contributed by atoms with Crippen molar-refractivity contribution in [1.29, 1.82) is 0 Å². The van der Waals surface area contributed by atoms with E-state index in [4.69, 9.17) is 4.74 Å². The van der Waals surface area contributed by atoms with Crippen LogP contribution in [0, 0.1) is 13.8 Å². The molecule has 0 fully saturated rings. The molecule has 0 saturated heterocycles. The second kappa shape index (κ2) is 6.19. The fourth-order valence-electron chi connectivity index (χ4n) is 2.05. The van der Waals surface area contributed by atoms with Crippen LogP contribution in [0.15, 0.2) is 9.95 Å². The number of thiophene rings is 1. The van der Waals surface area contributed by atoms with Gasteiger partial charge in [0.05, 0.1) is 12.5 Å². The zero-order chi connectivity index (χ0) is 15.7. The molecule has 0 saturated carbocycles. The molecular formula is C14H18N2O3S2. The van der Waals surface area contributed by atoms with Gasteiger partial charge in [-0.05, 0) is 33.3 Å². The van der Waals surface area contributed by atoms with Gasteiger partial charge in [0.2, 0.25) is 0 Å². The molecule has 2 aromatic rings. The van der Waals surface area contributed by atoms with Crippen molar-refractivity contribution >= 4 is 39.3 Å². The largest absolute Gasteiger partial charge is 0.468 e. The molecule has 7 heteroatoms. The summed E-state index contributed by atoms with van der Waals surface area (Å²) < 4.78 is 6.34. The SMILES string of the molecule is CCn1c(S[C@@H](C)C(=O)OC)nc2sc(C)c(C)c2c1=O. The van der Waals surface area contributed by atoms with Gasteiger partial charge in [0.1, 0.15) is 10.1 Å². The highest BCUT2D eigenvalue weighted by Crippen LogP contribution is 2.29. The summed E-state index contributed by atoms with van der Waals surface area (Å²) >= 11 is 2.77. The Morgan fingerprint density at radius 3 is 2.71 bits per heavy atom. The van der Waals surface area contributed by atoms with Gasteiger partial charge in [0, 0.05) is 11.4 Å². The van der Waals surface area contributed by atoms with Gasteiger partial charge < -0.3 is 4.74 Å². The fourth-order valence-corrected chi connectivity index (χ4v) is 4.12. The first-order valence-corrected chi connectivity index (χ1v) is 8.35. The minimum absolute atomic E-state index is 0.0380. The molecule has 0 radical (unpaired) electrons. The number of aromatic nitrogens is 2. The van der Waals surface area contributed by atoms with Crippen LogP contribution in [-0.2, 0) is 16.1 Å². The number of ether oxygens (including phenoxy) is 1. The van der Waals surface area contributed by atoms with Crippen molar-refractivity contribution in [3.8, 4) is 0 Å². The van der Waals surface area contributed by atoms with E-state index in [1.165, 1.54) is 30.2 Å². The van der Waals surface area contributed by atoms with Crippen LogP contribution < -0.4 is 5.56 Å². The van der Waals surface area contributed by atoms with Gasteiger partial charge in [-0.1, -0.05) is 11.8 Å². The second-order valence-electron chi connectivity index (χ2n) is 4.69. The molecule has 0 spiro atoms. The van der Waals surface area contributed by atoms with Gasteiger partial charge in [-0.2, -0.15) is 0 Å². The molecule has 0 bridgehead atoms. The van der Waals surface area contributed by atoms with Crippen molar-refractivity contribution in [3.05, 3.63) is 20.8 Å². The predicted octanol–water partition coefficient (Wildman–Crippen LogP) is 2.75. The van der Waals surface area contributed by atoms with E-state index in [2.05, 4.69) is 4.98 Å². The number of rotatable bonds is 4. The van der Waals surface area contributed by atoms with Crippen molar-refractivity contribution in [3.63, 3.8) is 0 Å². The molecule has 5 nitrogen and oxygen atoms in total. The van der Waals surface area contributed by atoms with Gasteiger partial charge in [0.25, 0.3) is 5.56 Å². The second-order valence-corrected chi connectivity index (χ2v) is 7.20. The molecule has 0 unspecified atom stereocenters. The number of nitrogens with zero attached hydrogens (tertiary/aromatic N) is 2. The van der Waals surface area contributed by atoms with E-state index in [1.807, 2.05) is 20.8 Å². The van der Waals surface area contributed by atoms with Crippen LogP contribution in [0.1, 0.15) is 24.3 Å². The van der Waals surface area contributed by atoms with E-state index in [0.29, 0.717) is 17.1 Å². The van der Waals surface area contributed by atoms with E-state index in [0.717, 1.165) is 15.3 Å². The monoisotopic (exact) mass is 326 g/mol. The van der Waals surface area contributed by atoms with Crippen molar-refractivity contribution in [2.75, 3.05) is 7.11 Å². The van der Waals surface area contributed by atoms with Crippen LogP contribution in [0.25, 0.3) is 10.2 Å². The number of hydrogen-bond acceptors (Lipinski definition) is 6. The Labute approximate surface area is 131 Å². The third kappa shape index (κ3) is 2.85. The molecule has 0 aliphatic rings. The molecule has 2 aromatic heterocycles. The van der Waals surface area contributed by atoms with Crippen LogP contribution in [0.3, 0.4) is 0 Å². The van der Waals surface area contributed by atoms with E-state index in [-0.39, 0.29) is 11.5 Å². The van der Waals surface area contributed by atoms with Crippen molar-refractivity contribution < 1.29 is 9.53 Å². The zero-order valence-electron chi connectivity index (χ0n) is 12.7. The molecule has 0 aromatic carbocycles. The van der Waals surface area contributed by atoms with Crippen LogP contribution in [0.5, 0.6) is 0 Å². The summed E-state index contributed by atoms with van der Waals surface area (Å²) in [6.45, 7) is 8.10. The molecule has 114 valence electrons. The number of carbonyl (C=O) groups is 1. The smallest absolute Gasteiger partial charge is 0.318 e. The predicted molar refractivity (Wildman–Crippen MR) is 86.4 cm³/mol. The third-order valence-corrected chi connectivity index (χ3v) is 5.55. The number of esters is 1. The van der Waals surface area contributed by atoms with E-state index in [1.54, 1.807) is 11.5 Å². The molecule has 0 aliphatic carbocycles. The van der Waals surface area contributed by atoms with Gasteiger partial charge in [-0.15, -0.1) is 11.3 Å². The van der Waals surface area contributed by atoms with Crippen LogP contribution >= 0.6 is 23.1 Å². The Balaban J connectivity index is 2.59. The average molecular weight is 326 g/mol. The molecule has 0 N–H and O–H groups in total. The first-order chi connectivity index (χ1) is 9.90. The summed E-state index contributed by atoms with van der Waals surface area (Å²) in [4.78, 5) is 30.6. The molecular weight excluding hydrogens is 308 g/mol. The normalized spacial score (nSPS) is 12.6. The fraction of sp³-hybridized carbons (Fsp3) is 0.500. The van der Waals surface area contributed by atoms with Gasteiger partial charge in [0.15, 0.2) is 5.16 Å². The zero-order valence-corrected chi connectivity index (χ0v) is 14.4. The van der Waals surface area contributed by atoms with E-state index < -0.39 is 5.25 Å². The maximum absolute atomic E-state index is 12.6. The van der Waals surface area contributed by atoms with Gasteiger partial charge in [-0.25, -0.2) is 4.98 Å². The number of hydrogen-bond donors (Lipinski definition) is 0. The Morgan fingerprint density at radius 2 is 2.14 bits per heavy atom. The Hall–Kier alpha value is -1.34. The average Bonchev–Trinajstić information content (AvgIpc) is 2.73. The van der Waals surface area contributed by atoms with Crippen LogP contribution in [-0.4, -0.2) is 27.9 Å². The minimum Gasteiger partial charge on any atom is -0.468 e. The molecule has 0 aliphatic heterocycles. The lowest BCUT2D eigenvalue weighted by molar-refractivity contribution is -0.139. The summed E-state index contributed by atoms with van der Waals surface area (Å²) in [6, 6.07) is 0. The molecule has 2 rings (SSSR count). The number of carbonyl (C=O) groups excluding carboxylic acids is 1. The molecule has 2 heterocycles. The van der Waals surface area contributed by atoms with Crippen LogP contribution in [0.4, 0.5) is 0 Å². The highest BCUT2D eigenvalue weighted by molar-refractivity contribution is 8.00. The summed E-state index contributed by atoms with van der Waals surface area (Å²) in [5.41, 5.74) is 0.955. The summed E-state index contributed by atoms with van der Waals surface area (Å²) in [7, 11) is 1.36. The lowest BCUT2D eigenvalue weighted by Gasteiger charge is -2.13. The molecule has 1 atom stereocenters. The van der Waals surface area contributed by atoms with Crippen LogP contribution in [0.2, 0.25) is 0 Å². The quantitative estimate of drug-likeness (QED) is 0.491. The Bertz CT molecular complexity index is 749. The number of fused-ring (bicyclic) bond motifs is 1. The highest BCUT2D eigenvalue weighted by Gasteiger charge is 2.21. The van der Waals surface area contributed by atoms with Crippen molar-refractivity contribution in [2.45, 2.75) is 44.6 Å². The first-order valence-electron chi connectivity index (χ1n) is 6.65. The van der Waals surface area contributed by atoms with Gasteiger partial charge >= 0.3 is 5.97 Å². The Kier molecular flexibility index (Phi) is 4.73. The standard InChI is InChI=1S/C14H18N2O3S2/c1-6-16-12(17)10-7(2)8(3)20-11(10)15-14(16)21-9(4)13(18)19-5/h9H,6H2,1-5H3/t9-/m0/s1. The topological polar surface area (TPSA) is 61.2 Å². The maximum Gasteiger partial charge on any atom is 0.318 e. The van der Waals surface area contributed by atoms with Gasteiger partial charge in [-0.3, -0.25) is 14.2 Å². The lowest BCUT2D eigenvalue weighted by atomic mass is 10.2. The lowest BCUT2D eigenvalue weighted by Crippen LogP contribution is -2.24. The number of thioether (sulfide) groups is 1. The summed E-state index contributed by atoms with van der Waals surface area (Å²) in [6.07, 6.45) is 0. The maximum atomic E-state index is 12.6. The van der Waals surface area contributed by atoms with Crippen molar-refractivity contribution in [1.82, 2.24) is 9.55 Å². The molecule has 21 heavy (non-hydrogen) atoms. The first kappa shape index (κ1) is 16.0. The minimum atomic E-state index is -0.403. The number of aryl methyl sites for hydroxylation is 2. The van der Waals surface area contributed by atoms with E-state index in [9.17, 15) is 9.59 Å². The molecule has 0 amide bonds. The van der Waals surface area contributed by atoms with Crippen molar-refractivity contribution in [2.24, 2.45) is 0 Å². The Morgan fingerprint density at radius 1 is 1.48 bits per heavy atom. The third-order valence-electron chi connectivity index (χ3n) is 3.39. The summed E-state index contributed by atoms with van der Waals surface area (Å²) in [5, 5.41) is 0.850. The highest BCUT2D eigenvalue weighted by atomic mass is 32.2. The summed E-state index contributed by atoms with van der Waals surface area (Å²) in [5.74, 6) is -0.324. The van der Waals surface area contributed by atoms with E-state index >= 15 is 0 Å². The number of methoxy groups -OCH3 is 1.